The van der Waals surface area contributed by atoms with E-state index < -0.39 is 26.6 Å². The number of rotatable bonds is 8. The quantitative estimate of drug-likeness (QED) is 0.214. The molecule has 38 heavy (non-hydrogen) atoms. The van der Waals surface area contributed by atoms with Crippen LogP contribution in [0.3, 0.4) is 0 Å². The lowest BCUT2D eigenvalue weighted by Gasteiger charge is -2.27. The minimum atomic E-state index is -3.85. The highest BCUT2D eigenvalue weighted by Crippen LogP contribution is 2.25. The molecule has 3 heterocycles. The number of ether oxygens (including phenoxy) is 1. The normalized spacial score (nSPS) is 16.5. The Morgan fingerprint density at radius 3 is 2.47 bits per heavy atom. The summed E-state index contributed by atoms with van der Waals surface area (Å²) in [6, 6.07) is 8.82. The third kappa shape index (κ3) is 5.83. The molecule has 1 fully saturated rings. The highest BCUT2D eigenvalue weighted by molar-refractivity contribution is 7.92. The SMILES string of the molecule is CC(CCN1Cc2cc(C#Cc3ccc(CNC(=O)OC4CNC4)cc3)cn2C1=O)(C(=O)NO)S(C)(=O)=O. The summed E-state index contributed by atoms with van der Waals surface area (Å²) in [5.74, 6) is 5.03. The van der Waals surface area contributed by atoms with E-state index in [4.69, 9.17) is 9.94 Å². The first kappa shape index (κ1) is 27.2. The van der Waals surface area contributed by atoms with Gasteiger partial charge in [0.1, 0.15) is 6.10 Å². The molecule has 2 aliphatic heterocycles. The van der Waals surface area contributed by atoms with Gasteiger partial charge in [-0.2, -0.15) is 0 Å². The number of amides is 3. The molecule has 0 radical (unpaired) electrons. The van der Waals surface area contributed by atoms with E-state index >= 15 is 0 Å². The fraction of sp³-hybridized carbons (Fsp3) is 0.400. The van der Waals surface area contributed by atoms with Gasteiger partial charge in [0.15, 0.2) is 14.6 Å². The van der Waals surface area contributed by atoms with Crippen LogP contribution < -0.4 is 16.1 Å². The number of carbonyl (C=O) groups excluding carboxylic acids is 3. The molecule has 3 amide bonds. The summed E-state index contributed by atoms with van der Waals surface area (Å²) in [6.45, 7) is 3.15. The summed E-state index contributed by atoms with van der Waals surface area (Å²) >= 11 is 0. The van der Waals surface area contributed by atoms with E-state index in [9.17, 15) is 22.8 Å². The summed E-state index contributed by atoms with van der Waals surface area (Å²) in [5.41, 5.74) is 4.40. The van der Waals surface area contributed by atoms with Crippen molar-refractivity contribution in [1.82, 2.24) is 25.6 Å². The Balaban J connectivity index is 1.32. The maximum Gasteiger partial charge on any atom is 0.407 e. The molecule has 0 bridgehead atoms. The predicted molar refractivity (Wildman–Crippen MR) is 136 cm³/mol. The van der Waals surface area contributed by atoms with Crippen LogP contribution in [0.5, 0.6) is 0 Å². The Hall–Kier alpha value is -3.86. The van der Waals surface area contributed by atoms with Gasteiger partial charge in [0.05, 0.1) is 6.54 Å². The monoisotopic (exact) mass is 543 g/mol. The Morgan fingerprint density at radius 2 is 1.89 bits per heavy atom. The summed E-state index contributed by atoms with van der Waals surface area (Å²) in [7, 11) is -3.85. The maximum absolute atomic E-state index is 12.8. The fourth-order valence-electron chi connectivity index (χ4n) is 3.96. The largest absolute Gasteiger partial charge is 0.444 e. The van der Waals surface area contributed by atoms with Crippen LogP contribution in [0.4, 0.5) is 9.59 Å². The average Bonchev–Trinajstić information content (AvgIpc) is 3.39. The molecule has 1 aromatic carbocycles. The van der Waals surface area contributed by atoms with E-state index in [1.807, 2.05) is 24.3 Å². The van der Waals surface area contributed by atoms with Crippen molar-refractivity contribution in [1.29, 1.82) is 0 Å². The molecule has 12 nitrogen and oxygen atoms in total. The second kappa shape index (κ2) is 10.9. The molecule has 0 spiro atoms. The molecule has 2 aromatic rings. The highest BCUT2D eigenvalue weighted by Gasteiger charge is 2.44. The molecule has 13 heteroatoms. The Morgan fingerprint density at radius 1 is 1.21 bits per heavy atom. The van der Waals surface area contributed by atoms with Gasteiger partial charge in [-0.1, -0.05) is 24.0 Å². The Kier molecular flexibility index (Phi) is 7.77. The lowest BCUT2D eigenvalue weighted by Crippen LogP contribution is -2.50. The number of hydroxylamine groups is 1. The first-order chi connectivity index (χ1) is 18.0. The molecule has 1 atom stereocenters. The zero-order valence-corrected chi connectivity index (χ0v) is 21.8. The van der Waals surface area contributed by atoms with Gasteiger partial charge >= 0.3 is 12.1 Å². The molecule has 1 aromatic heterocycles. The Labute approximate surface area is 220 Å². The molecule has 202 valence electrons. The number of benzene rings is 1. The van der Waals surface area contributed by atoms with Gasteiger partial charge in [0.25, 0.3) is 5.91 Å². The fourth-order valence-corrected chi connectivity index (χ4v) is 4.81. The van der Waals surface area contributed by atoms with E-state index in [0.717, 1.165) is 17.4 Å². The van der Waals surface area contributed by atoms with E-state index in [1.165, 1.54) is 21.9 Å². The van der Waals surface area contributed by atoms with Gasteiger partial charge in [0.2, 0.25) is 0 Å². The van der Waals surface area contributed by atoms with Crippen LogP contribution in [0.15, 0.2) is 36.5 Å². The second-order valence-corrected chi connectivity index (χ2v) is 11.9. The zero-order chi connectivity index (χ0) is 27.5. The number of aromatic nitrogens is 1. The van der Waals surface area contributed by atoms with Gasteiger partial charge in [0, 0.05) is 55.5 Å². The summed E-state index contributed by atoms with van der Waals surface area (Å²) < 4.78 is 29.1. The molecule has 2 aliphatic rings. The molecular weight excluding hydrogens is 514 g/mol. The molecule has 4 N–H and O–H groups in total. The standard InChI is InChI=1S/C25H29N5O7S/c1-25(22(31)28-34,38(2,35)36)9-10-29-16-20-11-19(15-30(20)24(29)33)8-5-17-3-6-18(7-4-17)12-27-23(32)37-21-13-26-14-21/h3-4,6-7,11,15,21,26,34H,9-10,12-14,16H2,1-2H3,(H,27,32)(H,28,31). The van der Waals surface area contributed by atoms with Crippen LogP contribution >= 0.6 is 0 Å². The van der Waals surface area contributed by atoms with Crippen LogP contribution in [-0.4, -0.2) is 77.9 Å². The van der Waals surface area contributed by atoms with Gasteiger partial charge in [-0.05, 0) is 37.1 Å². The minimum absolute atomic E-state index is 0.00916. The summed E-state index contributed by atoms with van der Waals surface area (Å²) in [4.78, 5) is 38.0. The number of fused-ring (bicyclic) bond motifs is 1. The molecule has 1 saturated heterocycles. The van der Waals surface area contributed by atoms with Gasteiger partial charge < -0.3 is 20.3 Å². The molecule has 4 rings (SSSR count). The topological polar surface area (TPSA) is 159 Å². The van der Waals surface area contributed by atoms with Crippen LogP contribution in [0.25, 0.3) is 0 Å². The van der Waals surface area contributed by atoms with E-state index in [1.54, 1.807) is 12.3 Å². The summed E-state index contributed by atoms with van der Waals surface area (Å²) in [6.07, 6.45) is 1.83. The number of alkyl carbamates (subject to hydrolysis) is 1. The lowest BCUT2D eigenvalue weighted by molar-refractivity contribution is -0.131. The number of hydrogen-bond acceptors (Lipinski definition) is 8. The van der Waals surface area contributed by atoms with Crippen LogP contribution in [0, 0.1) is 11.8 Å². The van der Waals surface area contributed by atoms with Crippen molar-refractivity contribution >= 4 is 27.9 Å². The third-order valence-corrected chi connectivity index (χ3v) is 8.77. The number of sulfone groups is 1. The van der Waals surface area contributed by atoms with Crippen molar-refractivity contribution in [2.45, 2.75) is 37.3 Å². The number of nitrogens with one attached hydrogen (secondary N) is 3. The van der Waals surface area contributed by atoms with Gasteiger partial charge in [-0.3, -0.25) is 14.6 Å². The number of hydrogen-bond donors (Lipinski definition) is 4. The molecule has 1 unspecified atom stereocenters. The highest BCUT2D eigenvalue weighted by atomic mass is 32.2. The zero-order valence-electron chi connectivity index (χ0n) is 21.0. The van der Waals surface area contributed by atoms with Crippen molar-refractivity contribution < 1.29 is 32.7 Å². The molecule has 0 saturated carbocycles. The van der Waals surface area contributed by atoms with Crippen molar-refractivity contribution in [2.24, 2.45) is 0 Å². The first-order valence-corrected chi connectivity index (χ1v) is 13.8. The van der Waals surface area contributed by atoms with Crippen LogP contribution in [0.1, 0.15) is 35.7 Å². The van der Waals surface area contributed by atoms with E-state index in [0.29, 0.717) is 30.9 Å². The second-order valence-electron chi connectivity index (χ2n) is 9.47. The van der Waals surface area contributed by atoms with Gasteiger partial charge in [-0.15, -0.1) is 0 Å². The summed E-state index contributed by atoms with van der Waals surface area (Å²) in [5, 5.41) is 14.7. The first-order valence-electron chi connectivity index (χ1n) is 11.9. The van der Waals surface area contributed by atoms with Crippen LogP contribution in [0.2, 0.25) is 0 Å². The minimum Gasteiger partial charge on any atom is -0.444 e. The van der Waals surface area contributed by atoms with Crippen molar-refractivity contribution in [3.63, 3.8) is 0 Å². The van der Waals surface area contributed by atoms with Crippen LogP contribution in [-0.2, 0) is 32.5 Å². The molecule has 0 aliphatic carbocycles. The van der Waals surface area contributed by atoms with E-state index in [2.05, 4.69) is 22.5 Å². The smallest absolute Gasteiger partial charge is 0.407 e. The average molecular weight is 544 g/mol. The van der Waals surface area contributed by atoms with E-state index in [-0.39, 0.29) is 31.6 Å². The lowest BCUT2D eigenvalue weighted by atomic mass is 10.1. The Bertz CT molecular complexity index is 1400. The number of nitrogens with zero attached hydrogens (tertiary/aromatic N) is 2. The van der Waals surface area contributed by atoms with Crippen molar-refractivity contribution in [3.8, 4) is 11.8 Å². The van der Waals surface area contributed by atoms with Crippen molar-refractivity contribution in [3.05, 3.63) is 58.9 Å². The number of carbonyl (C=O) groups is 3. The van der Waals surface area contributed by atoms with Crippen molar-refractivity contribution in [2.75, 3.05) is 25.9 Å². The predicted octanol–water partition coefficient (Wildman–Crippen LogP) is 0.568. The van der Waals surface area contributed by atoms with Gasteiger partial charge in [-0.25, -0.2) is 23.5 Å². The molecular formula is C25H29N5O7S. The maximum atomic E-state index is 12.8. The third-order valence-electron chi connectivity index (χ3n) is 6.75.